The summed E-state index contributed by atoms with van der Waals surface area (Å²) >= 11 is 17.6. The first-order valence-electron chi connectivity index (χ1n) is 4.40. The Bertz CT molecular complexity index is 534. The van der Waals surface area contributed by atoms with E-state index in [-0.39, 0.29) is 21.7 Å². The SMILES string of the molecule is O=C1NC(=S)S/C1=C/c1cc(Cl)c(O)c(Cl)c1. The van der Waals surface area contributed by atoms with Gasteiger partial charge in [-0.05, 0) is 23.8 Å². The molecule has 17 heavy (non-hydrogen) atoms. The van der Waals surface area contributed by atoms with Gasteiger partial charge in [0.05, 0.1) is 15.0 Å². The lowest BCUT2D eigenvalue weighted by Crippen LogP contribution is -2.17. The van der Waals surface area contributed by atoms with Gasteiger partial charge in [0.25, 0.3) is 5.91 Å². The Kier molecular flexibility index (Phi) is 3.63. The zero-order chi connectivity index (χ0) is 12.6. The maximum absolute atomic E-state index is 11.4. The van der Waals surface area contributed by atoms with Crippen molar-refractivity contribution in [2.24, 2.45) is 0 Å². The molecule has 1 aromatic carbocycles. The van der Waals surface area contributed by atoms with Crippen LogP contribution in [0.1, 0.15) is 5.56 Å². The third-order valence-electron chi connectivity index (χ3n) is 1.98. The zero-order valence-corrected chi connectivity index (χ0v) is 11.3. The van der Waals surface area contributed by atoms with Crippen LogP contribution in [0.15, 0.2) is 17.0 Å². The number of thiocarbonyl (C=S) groups is 1. The van der Waals surface area contributed by atoms with Crippen LogP contribution < -0.4 is 5.32 Å². The van der Waals surface area contributed by atoms with Crippen molar-refractivity contribution in [1.82, 2.24) is 5.32 Å². The van der Waals surface area contributed by atoms with Crippen molar-refractivity contribution in [2.45, 2.75) is 0 Å². The summed E-state index contributed by atoms with van der Waals surface area (Å²) in [6.07, 6.45) is 1.61. The Morgan fingerprint density at radius 1 is 1.35 bits per heavy atom. The van der Waals surface area contributed by atoms with E-state index in [9.17, 15) is 9.90 Å². The van der Waals surface area contributed by atoms with E-state index in [4.69, 9.17) is 35.4 Å². The molecule has 1 aliphatic heterocycles. The summed E-state index contributed by atoms with van der Waals surface area (Å²) in [6, 6.07) is 3.04. The number of carbonyl (C=O) groups is 1. The minimum absolute atomic E-state index is 0.135. The smallest absolute Gasteiger partial charge is 0.263 e. The fraction of sp³-hybridized carbons (Fsp3) is 0. The van der Waals surface area contributed by atoms with Crippen LogP contribution in [0.2, 0.25) is 10.0 Å². The average Bonchev–Trinajstić information content (AvgIpc) is 2.54. The van der Waals surface area contributed by atoms with Crippen LogP contribution in [-0.4, -0.2) is 15.3 Å². The number of hydrogen-bond donors (Lipinski definition) is 2. The van der Waals surface area contributed by atoms with E-state index in [0.29, 0.717) is 14.8 Å². The number of nitrogens with one attached hydrogen (secondary N) is 1. The van der Waals surface area contributed by atoms with E-state index in [2.05, 4.69) is 5.32 Å². The third-order valence-corrected chi connectivity index (χ3v) is 3.72. The standard InChI is InChI=1S/C10H5Cl2NO2S2/c11-5-1-4(2-6(12)8(5)14)3-7-9(15)13-10(16)17-7/h1-3,14H,(H,13,15,16)/b7-3+. The molecule has 1 fully saturated rings. The van der Waals surface area contributed by atoms with Crippen LogP contribution in [0, 0.1) is 0 Å². The minimum Gasteiger partial charge on any atom is -0.505 e. The second kappa shape index (κ2) is 4.86. The summed E-state index contributed by atoms with van der Waals surface area (Å²) in [5.41, 5.74) is 0.625. The average molecular weight is 306 g/mol. The van der Waals surface area contributed by atoms with Crippen molar-refractivity contribution >= 4 is 63.5 Å². The maximum atomic E-state index is 11.4. The second-order valence-corrected chi connectivity index (χ2v) is 5.72. The number of amides is 1. The molecule has 3 nitrogen and oxygen atoms in total. The van der Waals surface area contributed by atoms with Gasteiger partial charge in [0.2, 0.25) is 0 Å². The van der Waals surface area contributed by atoms with Gasteiger partial charge in [-0.3, -0.25) is 4.79 Å². The number of phenolic OH excluding ortho intramolecular Hbond substituents is 1. The predicted octanol–water partition coefficient (Wildman–Crippen LogP) is 3.19. The number of phenols is 1. The molecule has 7 heteroatoms. The molecule has 0 radical (unpaired) electrons. The fourth-order valence-electron chi connectivity index (χ4n) is 1.24. The quantitative estimate of drug-likeness (QED) is 0.618. The van der Waals surface area contributed by atoms with Crippen LogP contribution in [0.4, 0.5) is 0 Å². The number of aromatic hydroxyl groups is 1. The molecule has 2 N–H and O–H groups in total. The Morgan fingerprint density at radius 3 is 2.41 bits per heavy atom. The fourth-order valence-corrected chi connectivity index (χ4v) is 2.79. The van der Waals surface area contributed by atoms with Gasteiger partial charge in [-0.1, -0.05) is 47.2 Å². The van der Waals surface area contributed by atoms with Crippen molar-refractivity contribution in [1.29, 1.82) is 0 Å². The highest BCUT2D eigenvalue weighted by atomic mass is 35.5. The summed E-state index contributed by atoms with van der Waals surface area (Å²) < 4.78 is 0.414. The van der Waals surface area contributed by atoms with Gasteiger partial charge in [-0.25, -0.2) is 0 Å². The van der Waals surface area contributed by atoms with Gasteiger partial charge >= 0.3 is 0 Å². The molecule has 0 aromatic heterocycles. The van der Waals surface area contributed by atoms with Crippen LogP contribution in [0.3, 0.4) is 0 Å². The lowest BCUT2D eigenvalue weighted by Gasteiger charge is -2.02. The van der Waals surface area contributed by atoms with Crippen molar-refractivity contribution in [3.8, 4) is 5.75 Å². The first kappa shape index (κ1) is 12.7. The summed E-state index contributed by atoms with van der Waals surface area (Å²) in [5.74, 6) is -0.421. The third kappa shape index (κ3) is 2.74. The van der Waals surface area contributed by atoms with Gasteiger partial charge in [0.15, 0.2) is 5.75 Å². The molecule has 1 saturated heterocycles. The second-order valence-electron chi connectivity index (χ2n) is 3.19. The molecule has 1 heterocycles. The Balaban J connectivity index is 2.40. The van der Waals surface area contributed by atoms with Crippen LogP contribution in [0.5, 0.6) is 5.75 Å². The molecule has 0 atom stereocenters. The van der Waals surface area contributed by atoms with Crippen molar-refractivity contribution < 1.29 is 9.90 Å². The number of thioether (sulfide) groups is 1. The van der Waals surface area contributed by atoms with Gasteiger partial charge in [0.1, 0.15) is 4.32 Å². The topological polar surface area (TPSA) is 49.3 Å². The zero-order valence-electron chi connectivity index (χ0n) is 8.16. The van der Waals surface area contributed by atoms with Crippen molar-refractivity contribution in [3.05, 3.63) is 32.6 Å². The van der Waals surface area contributed by atoms with Gasteiger partial charge in [-0.15, -0.1) is 0 Å². The molecule has 0 aliphatic carbocycles. The lowest BCUT2D eigenvalue weighted by molar-refractivity contribution is -0.115. The largest absolute Gasteiger partial charge is 0.505 e. The van der Waals surface area contributed by atoms with E-state index in [1.54, 1.807) is 6.08 Å². The van der Waals surface area contributed by atoms with Gasteiger partial charge in [0, 0.05) is 0 Å². The van der Waals surface area contributed by atoms with Crippen molar-refractivity contribution in [2.75, 3.05) is 0 Å². The van der Waals surface area contributed by atoms with E-state index in [1.807, 2.05) is 0 Å². The van der Waals surface area contributed by atoms with E-state index >= 15 is 0 Å². The molecule has 0 spiro atoms. The molecular formula is C10H5Cl2NO2S2. The van der Waals surface area contributed by atoms with Gasteiger partial charge in [-0.2, -0.15) is 0 Å². The lowest BCUT2D eigenvalue weighted by atomic mass is 10.2. The highest BCUT2D eigenvalue weighted by molar-refractivity contribution is 8.26. The van der Waals surface area contributed by atoms with E-state index < -0.39 is 0 Å². The molecule has 0 saturated carbocycles. The molecule has 0 unspecified atom stereocenters. The molecule has 0 bridgehead atoms. The molecule has 1 aromatic rings. The normalized spacial score (nSPS) is 17.6. The highest BCUT2D eigenvalue weighted by Gasteiger charge is 2.22. The van der Waals surface area contributed by atoms with Crippen molar-refractivity contribution in [3.63, 3.8) is 0 Å². The van der Waals surface area contributed by atoms with E-state index in [1.165, 1.54) is 23.9 Å². The molecule has 88 valence electrons. The molecule has 1 aliphatic rings. The predicted molar refractivity (Wildman–Crippen MR) is 74.4 cm³/mol. The Labute approximate surface area is 117 Å². The molecular weight excluding hydrogens is 301 g/mol. The summed E-state index contributed by atoms with van der Waals surface area (Å²) in [4.78, 5) is 11.9. The first-order valence-corrected chi connectivity index (χ1v) is 6.38. The number of carbonyl (C=O) groups excluding carboxylic acids is 1. The molecule has 1 amide bonds. The maximum Gasteiger partial charge on any atom is 0.263 e. The summed E-state index contributed by atoms with van der Waals surface area (Å²) in [5, 5.41) is 12.2. The van der Waals surface area contributed by atoms with Crippen LogP contribution >= 0.6 is 47.2 Å². The highest BCUT2D eigenvalue weighted by Crippen LogP contribution is 2.34. The van der Waals surface area contributed by atoms with Crippen LogP contribution in [0.25, 0.3) is 6.08 Å². The van der Waals surface area contributed by atoms with E-state index in [0.717, 1.165) is 0 Å². The molecule has 2 rings (SSSR count). The number of halogens is 2. The number of hydrogen-bond acceptors (Lipinski definition) is 4. The number of rotatable bonds is 1. The van der Waals surface area contributed by atoms with Crippen LogP contribution in [-0.2, 0) is 4.79 Å². The monoisotopic (exact) mass is 305 g/mol. The first-order chi connectivity index (χ1) is 7.97. The summed E-state index contributed by atoms with van der Waals surface area (Å²) in [7, 11) is 0. The number of benzene rings is 1. The minimum atomic E-state index is -0.250. The Morgan fingerprint density at radius 2 is 1.94 bits per heavy atom. The van der Waals surface area contributed by atoms with Gasteiger partial charge < -0.3 is 10.4 Å². The summed E-state index contributed by atoms with van der Waals surface area (Å²) in [6.45, 7) is 0. The Hall–Kier alpha value is -0.750.